The SMILES string of the molecule is O=c1cc(-c2ccccc2)nc2sc(-c3c[nH]c4ccc(Br)cc34)nn12. The summed E-state index contributed by atoms with van der Waals surface area (Å²) in [6.45, 7) is 0. The van der Waals surface area contributed by atoms with E-state index < -0.39 is 0 Å². The highest BCUT2D eigenvalue weighted by Crippen LogP contribution is 2.33. The van der Waals surface area contributed by atoms with Gasteiger partial charge in [0.1, 0.15) is 5.01 Å². The van der Waals surface area contributed by atoms with E-state index in [1.165, 1.54) is 21.9 Å². The molecule has 0 bridgehead atoms. The minimum atomic E-state index is -0.183. The number of nitrogens with zero attached hydrogens (tertiary/aromatic N) is 3. The zero-order chi connectivity index (χ0) is 17.7. The molecule has 7 heteroatoms. The predicted octanol–water partition coefficient (Wildman–Crippen LogP) is 4.73. The van der Waals surface area contributed by atoms with Gasteiger partial charge in [-0.05, 0) is 18.2 Å². The second-order valence-corrected chi connectivity index (χ2v) is 7.71. The van der Waals surface area contributed by atoms with Crippen LogP contribution in [0.15, 0.2) is 70.1 Å². The van der Waals surface area contributed by atoms with Crippen molar-refractivity contribution in [1.82, 2.24) is 19.6 Å². The third-order valence-electron chi connectivity index (χ3n) is 4.19. The Morgan fingerprint density at radius 3 is 2.77 bits per heavy atom. The maximum atomic E-state index is 12.5. The van der Waals surface area contributed by atoms with E-state index in [0.29, 0.717) is 10.7 Å². The lowest BCUT2D eigenvalue weighted by molar-refractivity contribution is 0.905. The van der Waals surface area contributed by atoms with Crippen molar-refractivity contribution in [1.29, 1.82) is 0 Å². The molecule has 3 heterocycles. The van der Waals surface area contributed by atoms with E-state index in [-0.39, 0.29) is 5.56 Å². The first kappa shape index (κ1) is 15.5. The summed E-state index contributed by atoms with van der Waals surface area (Å²) < 4.78 is 2.36. The van der Waals surface area contributed by atoms with Crippen LogP contribution in [-0.2, 0) is 0 Å². The molecule has 5 aromatic rings. The van der Waals surface area contributed by atoms with E-state index >= 15 is 0 Å². The van der Waals surface area contributed by atoms with Crippen molar-refractivity contribution in [3.63, 3.8) is 0 Å². The maximum absolute atomic E-state index is 12.5. The molecule has 5 nitrogen and oxygen atoms in total. The molecule has 2 aromatic carbocycles. The average molecular weight is 423 g/mol. The summed E-state index contributed by atoms with van der Waals surface area (Å²) in [6, 6.07) is 17.2. The van der Waals surface area contributed by atoms with Gasteiger partial charge >= 0.3 is 0 Å². The minimum Gasteiger partial charge on any atom is -0.360 e. The van der Waals surface area contributed by atoms with Crippen LogP contribution in [0.3, 0.4) is 0 Å². The van der Waals surface area contributed by atoms with Crippen LogP contribution in [0.4, 0.5) is 0 Å². The fourth-order valence-electron chi connectivity index (χ4n) is 2.95. The smallest absolute Gasteiger partial charge is 0.275 e. The summed E-state index contributed by atoms with van der Waals surface area (Å²) in [5.41, 5.74) is 3.37. The first-order valence-electron chi connectivity index (χ1n) is 7.92. The quantitative estimate of drug-likeness (QED) is 0.447. The molecule has 0 saturated carbocycles. The number of aromatic amines is 1. The molecular formula is C19H11BrN4OS. The van der Waals surface area contributed by atoms with Crippen molar-refractivity contribution < 1.29 is 0 Å². The molecule has 0 aliphatic rings. The fourth-order valence-corrected chi connectivity index (χ4v) is 4.24. The molecule has 0 saturated heterocycles. The van der Waals surface area contributed by atoms with Crippen LogP contribution in [0.2, 0.25) is 0 Å². The van der Waals surface area contributed by atoms with Crippen molar-refractivity contribution in [2.75, 3.05) is 0 Å². The number of benzene rings is 2. The summed E-state index contributed by atoms with van der Waals surface area (Å²) in [5.74, 6) is 0. The van der Waals surface area contributed by atoms with Crippen LogP contribution in [0.5, 0.6) is 0 Å². The number of H-pyrrole nitrogens is 1. The second-order valence-electron chi connectivity index (χ2n) is 5.84. The van der Waals surface area contributed by atoms with Gasteiger partial charge in [-0.1, -0.05) is 57.6 Å². The zero-order valence-electron chi connectivity index (χ0n) is 13.3. The first-order chi connectivity index (χ1) is 12.7. The van der Waals surface area contributed by atoms with E-state index in [9.17, 15) is 4.79 Å². The van der Waals surface area contributed by atoms with Crippen molar-refractivity contribution in [2.24, 2.45) is 0 Å². The molecule has 0 aliphatic heterocycles. The lowest BCUT2D eigenvalue weighted by atomic mass is 10.1. The van der Waals surface area contributed by atoms with Crippen molar-refractivity contribution in [3.05, 3.63) is 75.6 Å². The van der Waals surface area contributed by atoms with Gasteiger partial charge in [-0.3, -0.25) is 4.79 Å². The lowest BCUT2D eigenvalue weighted by Gasteiger charge is -1.99. The van der Waals surface area contributed by atoms with E-state index in [1.54, 1.807) is 0 Å². The van der Waals surface area contributed by atoms with Gasteiger partial charge in [0.25, 0.3) is 5.56 Å². The van der Waals surface area contributed by atoms with Crippen molar-refractivity contribution >= 4 is 43.1 Å². The number of hydrogen-bond donors (Lipinski definition) is 1. The molecule has 1 N–H and O–H groups in total. The van der Waals surface area contributed by atoms with Gasteiger partial charge in [0.15, 0.2) is 0 Å². The Balaban J connectivity index is 1.72. The van der Waals surface area contributed by atoms with Crippen molar-refractivity contribution in [2.45, 2.75) is 0 Å². The highest BCUT2D eigenvalue weighted by molar-refractivity contribution is 9.10. The van der Waals surface area contributed by atoms with Gasteiger partial charge in [-0.15, -0.1) is 0 Å². The van der Waals surface area contributed by atoms with E-state index in [4.69, 9.17) is 0 Å². The minimum absolute atomic E-state index is 0.183. The van der Waals surface area contributed by atoms with Gasteiger partial charge in [0.2, 0.25) is 4.96 Å². The van der Waals surface area contributed by atoms with Gasteiger partial charge < -0.3 is 4.98 Å². The molecule has 0 amide bonds. The van der Waals surface area contributed by atoms with E-state index in [1.807, 2.05) is 54.7 Å². The Morgan fingerprint density at radius 2 is 1.92 bits per heavy atom. The monoisotopic (exact) mass is 422 g/mol. The number of hydrogen-bond acceptors (Lipinski definition) is 4. The molecule has 0 radical (unpaired) electrons. The number of fused-ring (bicyclic) bond motifs is 2. The second kappa shape index (κ2) is 5.89. The molecule has 0 aliphatic carbocycles. The molecule has 126 valence electrons. The Kier molecular flexibility index (Phi) is 3.51. The highest BCUT2D eigenvalue weighted by Gasteiger charge is 2.14. The highest BCUT2D eigenvalue weighted by atomic mass is 79.9. The molecule has 0 spiro atoms. The Labute approximate surface area is 160 Å². The number of nitrogens with one attached hydrogen (secondary N) is 1. The Morgan fingerprint density at radius 1 is 1.08 bits per heavy atom. The Bertz CT molecular complexity index is 1320. The van der Waals surface area contributed by atoms with Crippen LogP contribution in [0.1, 0.15) is 0 Å². The van der Waals surface area contributed by atoms with Gasteiger partial charge in [0, 0.05) is 38.8 Å². The van der Waals surface area contributed by atoms with Crippen LogP contribution in [0, 0.1) is 0 Å². The van der Waals surface area contributed by atoms with Crippen LogP contribution in [-0.4, -0.2) is 19.6 Å². The van der Waals surface area contributed by atoms with Crippen LogP contribution < -0.4 is 5.56 Å². The summed E-state index contributed by atoms with van der Waals surface area (Å²) in [7, 11) is 0. The predicted molar refractivity (Wildman–Crippen MR) is 108 cm³/mol. The summed E-state index contributed by atoms with van der Waals surface area (Å²) in [4.78, 5) is 21.0. The number of aromatic nitrogens is 4. The third-order valence-corrected chi connectivity index (χ3v) is 5.62. The average Bonchev–Trinajstić information content (AvgIpc) is 3.26. The summed E-state index contributed by atoms with van der Waals surface area (Å²) in [5, 5.41) is 6.30. The van der Waals surface area contributed by atoms with E-state index in [2.05, 4.69) is 31.0 Å². The topological polar surface area (TPSA) is 63.0 Å². The lowest BCUT2D eigenvalue weighted by Crippen LogP contribution is -2.14. The molecule has 5 rings (SSSR count). The normalized spacial score (nSPS) is 11.4. The molecule has 0 fully saturated rings. The standard InChI is InChI=1S/C19H11BrN4OS/c20-12-6-7-15-13(8-12)14(10-21-15)18-23-24-17(25)9-16(22-19(24)26-18)11-4-2-1-3-5-11/h1-10,21H. The van der Waals surface area contributed by atoms with Gasteiger partial charge in [-0.2, -0.15) is 9.61 Å². The molecular weight excluding hydrogens is 412 g/mol. The maximum Gasteiger partial charge on any atom is 0.275 e. The zero-order valence-corrected chi connectivity index (χ0v) is 15.7. The Hall–Kier alpha value is -2.77. The first-order valence-corrected chi connectivity index (χ1v) is 9.53. The van der Waals surface area contributed by atoms with Crippen LogP contribution >= 0.6 is 27.3 Å². The molecule has 0 unspecified atom stereocenters. The molecule has 26 heavy (non-hydrogen) atoms. The molecule has 0 atom stereocenters. The summed E-state index contributed by atoms with van der Waals surface area (Å²) in [6.07, 6.45) is 1.91. The molecule has 3 aromatic heterocycles. The van der Waals surface area contributed by atoms with Gasteiger partial charge in [0.05, 0.1) is 5.69 Å². The number of rotatable bonds is 2. The largest absolute Gasteiger partial charge is 0.360 e. The summed E-state index contributed by atoms with van der Waals surface area (Å²) >= 11 is 4.91. The van der Waals surface area contributed by atoms with Crippen LogP contribution in [0.25, 0.3) is 37.7 Å². The third kappa shape index (κ3) is 2.48. The fraction of sp³-hybridized carbons (Fsp3) is 0. The number of halogens is 1. The van der Waals surface area contributed by atoms with E-state index in [0.717, 1.165) is 31.5 Å². The van der Waals surface area contributed by atoms with Gasteiger partial charge in [-0.25, -0.2) is 4.98 Å². The van der Waals surface area contributed by atoms with Crippen molar-refractivity contribution in [3.8, 4) is 21.8 Å².